The van der Waals surface area contributed by atoms with Gasteiger partial charge in [0.1, 0.15) is 13.2 Å². The number of hydrogen-bond acceptors (Lipinski definition) is 4. The van der Waals surface area contributed by atoms with Gasteiger partial charge in [-0.1, -0.05) is 6.92 Å². The van der Waals surface area contributed by atoms with Crippen LogP contribution < -0.4 is 19.1 Å². The Morgan fingerprint density at radius 2 is 1.88 bits per heavy atom. The molecule has 6 nitrogen and oxygen atoms in total. The maximum atomic E-state index is 12.4. The molecule has 2 heterocycles. The van der Waals surface area contributed by atoms with Crippen LogP contribution >= 0.6 is 0 Å². The molecular weight excluding hydrogens is 328 g/mol. The third-order valence-corrected chi connectivity index (χ3v) is 6.26. The van der Waals surface area contributed by atoms with E-state index in [0.717, 1.165) is 18.9 Å². The Hall–Kier alpha value is -1.31. The van der Waals surface area contributed by atoms with Crippen LogP contribution in [0.15, 0.2) is 23.1 Å². The summed E-state index contributed by atoms with van der Waals surface area (Å²) in [6, 6.07) is 4.75. The molecule has 1 saturated heterocycles. The topological polar surface area (TPSA) is 69.1 Å². The first kappa shape index (κ1) is 17.5. The lowest BCUT2D eigenvalue weighted by Crippen LogP contribution is -3.13. The summed E-state index contributed by atoms with van der Waals surface area (Å²) in [5.74, 6) is 1.93. The molecule has 0 spiro atoms. The molecule has 2 aliphatic rings. The zero-order valence-electron chi connectivity index (χ0n) is 14.2. The van der Waals surface area contributed by atoms with Crippen molar-refractivity contribution in [2.75, 3.05) is 39.4 Å². The molecule has 0 bridgehead atoms. The monoisotopic (exact) mass is 355 g/mol. The van der Waals surface area contributed by atoms with E-state index in [1.54, 1.807) is 17.0 Å². The van der Waals surface area contributed by atoms with Gasteiger partial charge in [0.25, 0.3) is 0 Å². The van der Waals surface area contributed by atoms with Crippen LogP contribution in [0.3, 0.4) is 0 Å². The molecule has 134 valence electrons. The number of fused-ring (bicyclic) bond motifs is 1. The number of piperidine rings is 1. The largest absolute Gasteiger partial charge is 0.486 e. The van der Waals surface area contributed by atoms with Crippen LogP contribution in [0.5, 0.6) is 11.5 Å². The summed E-state index contributed by atoms with van der Waals surface area (Å²) in [4.78, 5) is 1.82. The molecule has 2 N–H and O–H groups in total. The highest BCUT2D eigenvalue weighted by atomic mass is 32.2. The van der Waals surface area contributed by atoms with Crippen LogP contribution in [0.2, 0.25) is 0 Å². The maximum absolute atomic E-state index is 12.4. The van der Waals surface area contributed by atoms with Crippen LogP contribution in [0.25, 0.3) is 0 Å². The molecule has 0 saturated carbocycles. The minimum absolute atomic E-state index is 0.228. The summed E-state index contributed by atoms with van der Waals surface area (Å²) in [6.07, 6.45) is 3.41. The molecule has 3 rings (SSSR count). The van der Waals surface area contributed by atoms with Crippen molar-refractivity contribution in [2.45, 2.75) is 31.1 Å². The fourth-order valence-corrected chi connectivity index (χ4v) is 4.33. The van der Waals surface area contributed by atoms with Crippen molar-refractivity contribution < 1.29 is 22.8 Å². The zero-order chi connectivity index (χ0) is 17.0. The SMILES string of the molecule is CC1CC[NH+](CCCNS(=O)(=O)c2ccc3c(c2)OCCO3)CC1. The van der Waals surface area contributed by atoms with Gasteiger partial charge in [0.2, 0.25) is 10.0 Å². The van der Waals surface area contributed by atoms with Crippen molar-refractivity contribution in [2.24, 2.45) is 5.92 Å². The normalized spacial score (nSPS) is 23.9. The Bertz CT molecular complexity index is 655. The number of hydrogen-bond donors (Lipinski definition) is 2. The number of nitrogens with one attached hydrogen (secondary N) is 2. The number of likely N-dealkylation sites (tertiary alicyclic amines) is 1. The van der Waals surface area contributed by atoms with E-state index >= 15 is 0 Å². The fourth-order valence-electron chi connectivity index (χ4n) is 3.24. The number of quaternary nitrogens is 1. The van der Waals surface area contributed by atoms with Crippen LogP contribution in [0.4, 0.5) is 0 Å². The molecule has 2 aliphatic heterocycles. The molecule has 7 heteroatoms. The second-order valence-electron chi connectivity index (χ2n) is 6.74. The standard InChI is InChI=1S/C17H26N2O4S/c1-14-5-9-19(10-6-14)8-2-7-18-24(20,21)15-3-4-16-17(13-15)23-12-11-22-16/h3-4,13-14,18H,2,5-12H2,1H3/p+1. The third-order valence-electron chi connectivity index (χ3n) is 4.80. The predicted molar refractivity (Wildman–Crippen MR) is 91.2 cm³/mol. The molecule has 0 amide bonds. The van der Waals surface area contributed by atoms with Crippen LogP contribution in [-0.4, -0.2) is 47.8 Å². The van der Waals surface area contributed by atoms with E-state index in [4.69, 9.17) is 9.47 Å². The third kappa shape index (κ3) is 4.40. The molecule has 0 atom stereocenters. The molecule has 0 unspecified atom stereocenters. The number of ether oxygens (including phenoxy) is 2. The fraction of sp³-hybridized carbons (Fsp3) is 0.647. The number of sulfonamides is 1. The predicted octanol–water partition coefficient (Wildman–Crippen LogP) is 0.441. The van der Waals surface area contributed by atoms with E-state index in [9.17, 15) is 8.42 Å². The first-order valence-corrected chi connectivity index (χ1v) is 10.3. The van der Waals surface area contributed by atoms with Crippen molar-refractivity contribution in [3.05, 3.63) is 18.2 Å². The summed E-state index contributed by atoms with van der Waals surface area (Å²) < 4.78 is 38.4. The van der Waals surface area contributed by atoms with Crippen molar-refractivity contribution >= 4 is 10.0 Å². The molecule has 1 fully saturated rings. The van der Waals surface area contributed by atoms with Crippen molar-refractivity contribution in [3.63, 3.8) is 0 Å². The Morgan fingerprint density at radius 3 is 2.62 bits per heavy atom. The van der Waals surface area contributed by atoms with Gasteiger partial charge in [-0.15, -0.1) is 0 Å². The summed E-state index contributed by atoms with van der Waals surface area (Å²) in [5, 5.41) is 0. The quantitative estimate of drug-likeness (QED) is 0.727. The van der Waals surface area contributed by atoms with Crippen molar-refractivity contribution in [1.82, 2.24) is 4.72 Å². The Balaban J connectivity index is 1.49. The second-order valence-corrected chi connectivity index (χ2v) is 8.51. The van der Waals surface area contributed by atoms with E-state index in [-0.39, 0.29) is 4.90 Å². The smallest absolute Gasteiger partial charge is 0.240 e. The van der Waals surface area contributed by atoms with Gasteiger partial charge in [0.05, 0.1) is 24.5 Å². The number of benzene rings is 1. The first-order chi connectivity index (χ1) is 11.5. The van der Waals surface area contributed by atoms with Gasteiger partial charge in [0, 0.05) is 19.0 Å². The van der Waals surface area contributed by atoms with Gasteiger partial charge in [-0.2, -0.15) is 0 Å². The summed E-state index contributed by atoms with van der Waals surface area (Å²) >= 11 is 0. The maximum Gasteiger partial charge on any atom is 0.240 e. The van der Waals surface area contributed by atoms with Crippen LogP contribution in [0.1, 0.15) is 26.2 Å². The van der Waals surface area contributed by atoms with Crippen LogP contribution in [0, 0.1) is 5.92 Å². The highest BCUT2D eigenvalue weighted by Gasteiger charge is 2.20. The zero-order valence-corrected chi connectivity index (χ0v) is 15.0. The summed E-state index contributed by atoms with van der Waals surface area (Å²) in [5.41, 5.74) is 0. The Kier molecular flexibility index (Phi) is 5.63. The molecule has 0 radical (unpaired) electrons. The average Bonchev–Trinajstić information content (AvgIpc) is 2.60. The first-order valence-electron chi connectivity index (χ1n) is 8.77. The number of rotatable bonds is 6. The van der Waals surface area contributed by atoms with Gasteiger partial charge < -0.3 is 14.4 Å². The van der Waals surface area contributed by atoms with Gasteiger partial charge in [-0.05, 0) is 30.9 Å². The van der Waals surface area contributed by atoms with Crippen molar-refractivity contribution in [3.8, 4) is 11.5 Å². The average molecular weight is 355 g/mol. The van der Waals surface area contributed by atoms with E-state index < -0.39 is 10.0 Å². The molecule has 24 heavy (non-hydrogen) atoms. The molecule has 1 aromatic carbocycles. The highest BCUT2D eigenvalue weighted by molar-refractivity contribution is 7.89. The minimum atomic E-state index is -3.50. The second kappa shape index (κ2) is 7.72. The molecule has 1 aromatic rings. The van der Waals surface area contributed by atoms with E-state index in [0.29, 0.717) is 31.3 Å². The molecule has 0 aromatic heterocycles. The molecular formula is C17H27N2O4S+. The van der Waals surface area contributed by atoms with Crippen LogP contribution in [-0.2, 0) is 10.0 Å². The van der Waals surface area contributed by atoms with Gasteiger partial charge in [-0.3, -0.25) is 0 Å². The van der Waals surface area contributed by atoms with Gasteiger partial charge in [0.15, 0.2) is 11.5 Å². The van der Waals surface area contributed by atoms with E-state index in [2.05, 4.69) is 11.6 Å². The lowest BCUT2D eigenvalue weighted by atomic mass is 9.99. The molecule has 0 aliphatic carbocycles. The van der Waals surface area contributed by atoms with Gasteiger partial charge >= 0.3 is 0 Å². The van der Waals surface area contributed by atoms with E-state index in [1.165, 1.54) is 32.0 Å². The van der Waals surface area contributed by atoms with E-state index in [1.807, 2.05) is 0 Å². The Morgan fingerprint density at radius 1 is 1.17 bits per heavy atom. The highest BCUT2D eigenvalue weighted by Crippen LogP contribution is 2.32. The minimum Gasteiger partial charge on any atom is -0.486 e. The summed E-state index contributed by atoms with van der Waals surface area (Å²) in [7, 11) is -3.50. The van der Waals surface area contributed by atoms with Gasteiger partial charge in [-0.25, -0.2) is 13.1 Å². The summed E-state index contributed by atoms with van der Waals surface area (Å²) in [6.45, 7) is 7.15. The Labute approximate surface area is 144 Å². The lowest BCUT2D eigenvalue weighted by Gasteiger charge is -2.27. The lowest BCUT2D eigenvalue weighted by molar-refractivity contribution is -0.906. The van der Waals surface area contributed by atoms with Crippen molar-refractivity contribution in [1.29, 1.82) is 0 Å².